The van der Waals surface area contributed by atoms with E-state index in [9.17, 15) is 13.2 Å². The van der Waals surface area contributed by atoms with Crippen LogP contribution in [0.25, 0.3) is 0 Å². The summed E-state index contributed by atoms with van der Waals surface area (Å²) < 4.78 is 26.7. The predicted molar refractivity (Wildman–Crippen MR) is 83.4 cm³/mol. The zero-order valence-electron chi connectivity index (χ0n) is 12.6. The molecule has 0 radical (unpaired) electrons. The van der Waals surface area contributed by atoms with E-state index in [-0.39, 0.29) is 23.4 Å². The molecule has 1 atom stereocenters. The number of nitrogens with one attached hydrogen (secondary N) is 2. The maximum absolute atomic E-state index is 12.1. The van der Waals surface area contributed by atoms with Gasteiger partial charge in [-0.15, -0.1) is 0 Å². The van der Waals surface area contributed by atoms with Crippen LogP contribution >= 0.6 is 0 Å². The van der Waals surface area contributed by atoms with Crippen molar-refractivity contribution >= 4 is 21.6 Å². The first-order valence-electron chi connectivity index (χ1n) is 6.83. The largest absolute Gasteiger partial charge is 0.327 e. The topological polar surface area (TPSA) is 101 Å². The maximum Gasteiger partial charge on any atom is 0.240 e. The van der Waals surface area contributed by atoms with Crippen molar-refractivity contribution in [3.63, 3.8) is 0 Å². The summed E-state index contributed by atoms with van der Waals surface area (Å²) in [7, 11) is -3.58. The minimum absolute atomic E-state index is 0.147. The number of hydrogen-bond acceptors (Lipinski definition) is 4. The first-order valence-corrected chi connectivity index (χ1v) is 8.32. The van der Waals surface area contributed by atoms with Gasteiger partial charge in [0.1, 0.15) is 0 Å². The average molecular weight is 313 g/mol. The number of nitrogens with two attached hydrogens (primary N) is 1. The van der Waals surface area contributed by atoms with E-state index in [0.717, 1.165) is 6.42 Å². The molecule has 1 rings (SSSR count). The first-order chi connectivity index (χ1) is 9.70. The summed E-state index contributed by atoms with van der Waals surface area (Å²) in [6.07, 6.45) is 0.754. The van der Waals surface area contributed by atoms with Crippen LogP contribution in [0.3, 0.4) is 0 Å². The van der Waals surface area contributed by atoms with Gasteiger partial charge < -0.3 is 11.1 Å². The van der Waals surface area contributed by atoms with Crippen molar-refractivity contribution in [2.24, 2.45) is 11.7 Å². The second kappa shape index (κ2) is 7.53. The molecule has 1 aromatic rings. The van der Waals surface area contributed by atoms with Gasteiger partial charge in [-0.1, -0.05) is 13.8 Å². The molecule has 1 amide bonds. The van der Waals surface area contributed by atoms with E-state index in [4.69, 9.17) is 5.73 Å². The molecule has 0 aliphatic carbocycles. The van der Waals surface area contributed by atoms with Crippen LogP contribution in [-0.4, -0.2) is 26.9 Å². The lowest BCUT2D eigenvalue weighted by Gasteiger charge is -2.15. The summed E-state index contributed by atoms with van der Waals surface area (Å²) in [5.74, 6) is 0.213. The van der Waals surface area contributed by atoms with Gasteiger partial charge in [-0.25, -0.2) is 13.1 Å². The van der Waals surface area contributed by atoms with Gasteiger partial charge in [0.25, 0.3) is 0 Å². The van der Waals surface area contributed by atoms with Crippen molar-refractivity contribution in [2.45, 2.75) is 38.1 Å². The lowest BCUT2D eigenvalue weighted by molar-refractivity contribution is -0.114. The second-order valence-corrected chi connectivity index (χ2v) is 7.21. The number of anilines is 1. The highest BCUT2D eigenvalue weighted by Gasteiger charge is 2.15. The number of hydrogen-bond donors (Lipinski definition) is 3. The van der Waals surface area contributed by atoms with E-state index in [1.54, 1.807) is 12.1 Å². The summed E-state index contributed by atoms with van der Waals surface area (Å²) in [4.78, 5) is 11.1. The Bertz CT molecular complexity index is 568. The van der Waals surface area contributed by atoms with Gasteiger partial charge >= 0.3 is 0 Å². The zero-order valence-corrected chi connectivity index (χ0v) is 13.4. The normalized spacial score (nSPS) is 13.2. The Morgan fingerprint density at radius 1 is 1.24 bits per heavy atom. The molecule has 6 nitrogen and oxygen atoms in total. The van der Waals surface area contributed by atoms with Crippen LogP contribution in [-0.2, 0) is 14.8 Å². The summed E-state index contributed by atoms with van der Waals surface area (Å²) in [5, 5.41) is 2.58. The number of amides is 1. The van der Waals surface area contributed by atoms with Gasteiger partial charge in [-0.2, -0.15) is 0 Å². The van der Waals surface area contributed by atoms with Crippen LogP contribution in [0.2, 0.25) is 0 Å². The minimum atomic E-state index is -3.58. The van der Waals surface area contributed by atoms with Crippen LogP contribution in [0.1, 0.15) is 27.2 Å². The number of sulfonamides is 1. The van der Waals surface area contributed by atoms with Crippen LogP contribution in [0.15, 0.2) is 29.2 Å². The first kappa shape index (κ1) is 17.6. The lowest BCUT2D eigenvalue weighted by Crippen LogP contribution is -2.37. The van der Waals surface area contributed by atoms with Crippen LogP contribution < -0.4 is 15.8 Å². The third kappa shape index (κ3) is 6.24. The molecular formula is C14H23N3O3S. The third-order valence-corrected chi connectivity index (χ3v) is 4.23. The van der Waals surface area contributed by atoms with Crippen molar-refractivity contribution in [3.8, 4) is 0 Å². The van der Waals surface area contributed by atoms with Gasteiger partial charge in [0.2, 0.25) is 15.9 Å². The number of carbonyl (C=O) groups excluding carboxylic acids is 1. The van der Waals surface area contributed by atoms with Crippen LogP contribution in [0.5, 0.6) is 0 Å². The molecule has 0 saturated carbocycles. The Hall–Kier alpha value is -1.44. The lowest BCUT2D eigenvalue weighted by atomic mass is 10.1. The van der Waals surface area contributed by atoms with Crippen molar-refractivity contribution in [1.82, 2.24) is 4.72 Å². The summed E-state index contributed by atoms with van der Waals surface area (Å²) in [6, 6.07) is 5.77. The smallest absolute Gasteiger partial charge is 0.240 e. The van der Waals surface area contributed by atoms with Crippen molar-refractivity contribution in [3.05, 3.63) is 24.3 Å². The molecule has 118 valence electrons. The van der Waals surface area contributed by atoms with Crippen LogP contribution in [0.4, 0.5) is 5.69 Å². The van der Waals surface area contributed by atoms with Gasteiger partial charge in [-0.05, 0) is 36.6 Å². The van der Waals surface area contributed by atoms with E-state index >= 15 is 0 Å². The standard InChI is InChI=1S/C14H23N3O3S/c1-10(2)8-12(15)9-16-21(19,20)14-6-4-13(5-7-14)17-11(3)18/h4-7,10,12,16H,8-9,15H2,1-3H3,(H,17,18). The quantitative estimate of drug-likeness (QED) is 0.706. The molecule has 0 aliphatic heterocycles. The monoisotopic (exact) mass is 313 g/mol. The van der Waals surface area contributed by atoms with E-state index < -0.39 is 10.0 Å². The number of rotatable bonds is 7. The molecule has 0 heterocycles. The molecule has 0 aromatic heterocycles. The SMILES string of the molecule is CC(=O)Nc1ccc(S(=O)(=O)NCC(N)CC(C)C)cc1. The fourth-order valence-corrected chi connectivity index (χ4v) is 3.00. The Morgan fingerprint density at radius 3 is 2.29 bits per heavy atom. The Morgan fingerprint density at radius 2 is 1.81 bits per heavy atom. The number of benzene rings is 1. The van der Waals surface area contributed by atoms with E-state index in [2.05, 4.69) is 10.0 Å². The van der Waals surface area contributed by atoms with E-state index in [0.29, 0.717) is 11.6 Å². The third-order valence-electron chi connectivity index (χ3n) is 2.79. The summed E-state index contributed by atoms with van der Waals surface area (Å²) >= 11 is 0. The van der Waals surface area contributed by atoms with Gasteiger partial charge in [0.05, 0.1) is 4.90 Å². The molecule has 0 spiro atoms. The number of carbonyl (C=O) groups is 1. The molecule has 0 fully saturated rings. The molecular weight excluding hydrogens is 290 g/mol. The molecule has 0 bridgehead atoms. The highest BCUT2D eigenvalue weighted by molar-refractivity contribution is 7.89. The van der Waals surface area contributed by atoms with Crippen LogP contribution in [0, 0.1) is 5.92 Å². The van der Waals surface area contributed by atoms with Crippen molar-refractivity contribution in [1.29, 1.82) is 0 Å². The Balaban J connectivity index is 2.68. The molecule has 4 N–H and O–H groups in total. The molecule has 7 heteroatoms. The van der Waals surface area contributed by atoms with Gasteiger partial charge in [0, 0.05) is 25.2 Å². The molecule has 1 aromatic carbocycles. The molecule has 0 saturated heterocycles. The maximum atomic E-state index is 12.1. The second-order valence-electron chi connectivity index (χ2n) is 5.45. The highest BCUT2D eigenvalue weighted by atomic mass is 32.2. The Labute approximate surface area is 126 Å². The van der Waals surface area contributed by atoms with Crippen molar-refractivity contribution in [2.75, 3.05) is 11.9 Å². The average Bonchev–Trinajstić information content (AvgIpc) is 2.36. The Kier molecular flexibility index (Phi) is 6.32. The zero-order chi connectivity index (χ0) is 16.0. The fourth-order valence-electron chi connectivity index (χ4n) is 1.91. The highest BCUT2D eigenvalue weighted by Crippen LogP contribution is 2.14. The van der Waals surface area contributed by atoms with E-state index in [1.165, 1.54) is 19.1 Å². The fraction of sp³-hybridized carbons (Fsp3) is 0.500. The predicted octanol–water partition coefficient (Wildman–Crippen LogP) is 1.30. The summed E-state index contributed by atoms with van der Waals surface area (Å²) in [5.41, 5.74) is 6.42. The molecule has 1 unspecified atom stereocenters. The minimum Gasteiger partial charge on any atom is -0.327 e. The summed E-state index contributed by atoms with van der Waals surface area (Å²) in [6.45, 7) is 5.67. The van der Waals surface area contributed by atoms with E-state index in [1.807, 2.05) is 13.8 Å². The van der Waals surface area contributed by atoms with Gasteiger partial charge in [0.15, 0.2) is 0 Å². The van der Waals surface area contributed by atoms with Gasteiger partial charge in [-0.3, -0.25) is 4.79 Å². The molecule has 0 aliphatic rings. The van der Waals surface area contributed by atoms with Crippen molar-refractivity contribution < 1.29 is 13.2 Å². The molecule has 21 heavy (non-hydrogen) atoms.